The molecule has 25 heavy (non-hydrogen) atoms. The van der Waals surface area contributed by atoms with Crippen molar-refractivity contribution in [2.45, 2.75) is 58.0 Å². The van der Waals surface area contributed by atoms with E-state index in [1.807, 2.05) is 23.0 Å². The van der Waals surface area contributed by atoms with Crippen LogP contribution in [-0.2, 0) is 11.3 Å². The first-order chi connectivity index (χ1) is 12.2. The molecule has 134 valence electrons. The standard InChI is InChI=1S/C20H28N4O/c1-3-10-22-11-5-8-20(19(22)25)9-6-12-23(20)15-17-14-21-24-13-4-7-16(2)18(17)24/h4,7,13-14H,3,5-6,8-12,15H2,1-2H3. The minimum absolute atomic E-state index is 0.273. The highest BCUT2D eigenvalue weighted by molar-refractivity contribution is 5.87. The van der Waals surface area contributed by atoms with Crippen LogP contribution in [0.5, 0.6) is 0 Å². The molecule has 5 heteroatoms. The van der Waals surface area contributed by atoms with Crippen molar-refractivity contribution in [2.24, 2.45) is 0 Å². The third-order valence-electron chi connectivity index (χ3n) is 6.00. The predicted octanol–water partition coefficient (Wildman–Crippen LogP) is 3.01. The van der Waals surface area contributed by atoms with E-state index in [9.17, 15) is 4.79 Å². The van der Waals surface area contributed by atoms with Gasteiger partial charge in [-0.25, -0.2) is 4.52 Å². The molecule has 1 unspecified atom stereocenters. The highest BCUT2D eigenvalue weighted by Crippen LogP contribution is 2.39. The highest BCUT2D eigenvalue weighted by Gasteiger charge is 2.50. The first-order valence-corrected chi connectivity index (χ1v) is 9.62. The molecule has 0 bridgehead atoms. The number of nitrogens with zero attached hydrogens (tertiary/aromatic N) is 4. The van der Waals surface area contributed by atoms with E-state index in [2.05, 4.69) is 34.8 Å². The number of hydrogen-bond acceptors (Lipinski definition) is 3. The summed E-state index contributed by atoms with van der Waals surface area (Å²) in [5, 5.41) is 4.51. The quantitative estimate of drug-likeness (QED) is 0.859. The summed E-state index contributed by atoms with van der Waals surface area (Å²) in [4.78, 5) is 17.8. The number of fused-ring (bicyclic) bond motifs is 1. The SMILES string of the molecule is CCCN1CCCC2(CCCN2Cc2cnn3cccc(C)c23)C1=O. The molecular formula is C20H28N4O. The van der Waals surface area contributed by atoms with Gasteiger partial charge in [0.2, 0.25) is 5.91 Å². The fourth-order valence-corrected chi connectivity index (χ4v) is 4.85. The Bertz CT molecular complexity index is 781. The van der Waals surface area contributed by atoms with E-state index < -0.39 is 0 Å². The second-order valence-electron chi connectivity index (χ2n) is 7.61. The first-order valence-electron chi connectivity index (χ1n) is 9.62. The molecule has 2 aliphatic heterocycles. The van der Waals surface area contributed by atoms with Gasteiger partial charge in [-0.05, 0) is 57.2 Å². The number of carbonyl (C=O) groups is 1. The normalized spacial score (nSPS) is 24.7. The molecule has 0 saturated carbocycles. The molecule has 4 heterocycles. The molecule has 0 N–H and O–H groups in total. The summed E-state index contributed by atoms with van der Waals surface area (Å²) in [7, 11) is 0. The lowest BCUT2D eigenvalue weighted by atomic mass is 9.85. The number of carbonyl (C=O) groups excluding carboxylic acids is 1. The third kappa shape index (κ3) is 2.65. The van der Waals surface area contributed by atoms with E-state index in [0.29, 0.717) is 5.91 Å². The van der Waals surface area contributed by atoms with E-state index in [0.717, 1.165) is 58.3 Å². The van der Waals surface area contributed by atoms with Crippen LogP contribution in [0.3, 0.4) is 0 Å². The summed E-state index contributed by atoms with van der Waals surface area (Å²) in [6.07, 6.45) is 9.26. The molecule has 2 fully saturated rings. The van der Waals surface area contributed by atoms with Crippen molar-refractivity contribution < 1.29 is 4.79 Å². The van der Waals surface area contributed by atoms with Gasteiger partial charge >= 0.3 is 0 Å². The second-order valence-corrected chi connectivity index (χ2v) is 7.61. The first kappa shape index (κ1) is 16.6. The number of hydrogen-bond donors (Lipinski definition) is 0. The molecule has 2 aromatic heterocycles. The van der Waals surface area contributed by atoms with Gasteiger partial charge in [-0.3, -0.25) is 9.69 Å². The van der Waals surface area contributed by atoms with Crippen LogP contribution in [0.1, 0.15) is 50.2 Å². The molecule has 1 spiro atoms. The summed E-state index contributed by atoms with van der Waals surface area (Å²) in [5.74, 6) is 0.367. The number of aromatic nitrogens is 2. The van der Waals surface area contributed by atoms with Gasteiger partial charge in [0.25, 0.3) is 0 Å². The molecule has 0 aliphatic carbocycles. The highest BCUT2D eigenvalue weighted by atomic mass is 16.2. The summed E-state index contributed by atoms with van der Waals surface area (Å²) in [6.45, 7) is 7.94. The lowest BCUT2D eigenvalue weighted by molar-refractivity contribution is -0.147. The number of rotatable bonds is 4. The Morgan fingerprint density at radius 3 is 2.84 bits per heavy atom. The Labute approximate surface area is 149 Å². The summed E-state index contributed by atoms with van der Waals surface area (Å²) in [5.41, 5.74) is 3.40. The second kappa shape index (κ2) is 6.45. The average Bonchev–Trinajstić information content (AvgIpc) is 3.19. The van der Waals surface area contributed by atoms with Crippen molar-refractivity contribution >= 4 is 11.4 Å². The van der Waals surface area contributed by atoms with Crippen LogP contribution in [0.25, 0.3) is 5.52 Å². The molecule has 1 amide bonds. The van der Waals surface area contributed by atoms with Crippen molar-refractivity contribution in [1.29, 1.82) is 0 Å². The molecule has 4 rings (SSSR count). The molecule has 2 saturated heterocycles. The molecule has 0 aromatic carbocycles. The lowest BCUT2D eigenvalue weighted by Crippen LogP contribution is -2.59. The molecule has 2 aromatic rings. The number of aryl methyl sites for hydroxylation is 1. The van der Waals surface area contributed by atoms with Gasteiger partial charge in [-0.15, -0.1) is 0 Å². The van der Waals surface area contributed by atoms with Crippen LogP contribution < -0.4 is 0 Å². The van der Waals surface area contributed by atoms with Crippen molar-refractivity contribution in [3.63, 3.8) is 0 Å². The van der Waals surface area contributed by atoms with Crippen LogP contribution in [0, 0.1) is 6.92 Å². The molecule has 1 atom stereocenters. The Balaban J connectivity index is 1.64. The largest absolute Gasteiger partial charge is 0.341 e. The number of amides is 1. The van der Waals surface area contributed by atoms with E-state index in [-0.39, 0.29) is 5.54 Å². The Kier molecular flexibility index (Phi) is 4.28. The topological polar surface area (TPSA) is 40.9 Å². The Morgan fingerprint density at radius 1 is 1.24 bits per heavy atom. The van der Waals surface area contributed by atoms with Gasteiger partial charge in [-0.2, -0.15) is 5.10 Å². The van der Waals surface area contributed by atoms with Crippen molar-refractivity contribution in [2.75, 3.05) is 19.6 Å². The number of piperidine rings is 1. The maximum atomic E-state index is 13.3. The predicted molar refractivity (Wildman–Crippen MR) is 98.4 cm³/mol. The number of pyridine rings is 1. The van der Waals surface area contributed by atoms with Crippen LogP contribution in [-0.4, -0.2) is 50.5 Å². The van der Waals surface area contributed by atoms with Crippen LogP contribution in [0.15, 0.2) is 24.5 Å². The number of likely N-dealkylation sites (tertiary alicyclic amines) is 2. The maximum absolute atomic E-state index is 13.3. The Morgan fingerprint density at radius 2 is 2.04 bits per heavy atom. The van der Waals surface area contributed by atoms with E-state index >= 15 is 0 Å². The van der Waals surface area contributed by atoms with Gasteiger partial charge in [-0.1, -0.05) is 13.0 Å². The molecule has 5 nitrogen and oxygen atoms in total. The van der Waals surface area contributed by atoms with Gasteiger partial charge in [0, 0.05) is 31.4 Å². The smallest absolute Gasteiger partial charge is 0.243 e. The zero-order chi connectivity index (χ0) is 17.4. The van der Waals surface area contributed by atoms with Crippen molar-refractivity contribution in [3.8, 4) is 0 Å². The Hall–Kier alpha value is -1.88. The van der Waals surface area contributed by atoms with E-state index in [4.69, 9.17) is 0 Å². The summed E-state index contributed by atoms with van der Waals surface area (Å²) in [6, 6.07) is 4.17. The van der Waals surface area contributed by atoms with Gasteiger partial charge in [0.1, 0.15) is 5.54 Å². The molecule has 2 aliphatic rings. The van der Waals surface area contributed by atoms with Crippen LogP contribution in [0.2, 0.25) is 0 Å². The monoisotopic (exact) mass is 340 g/mol. The zero-order valence-electron chi connectivity index (χ0n) is 15.4. The maximum Gasteiger partial charge on any atom is 0.243 e. The average molecular weight is 340 g/mol. The minimum atomic E-state index is -0.273. The van der Waals surface area contributed by atoms with Crippen LogP contribution in [0.4, 0.5) is 0 Å². The van der Waals surface area contributed by atoms with Crippen LogP contribution >= 0.6 is 0 Å². The summed E-state index contributed by atoms with van der Waals surface area (Å²) < 4.78 is 1.96. The van der Waals surface area contributed by atoms with Gasteiger partial charge in [0.05, 0.1) is 11.7 Å². The fourth-order valence-electron chi connectivity index (χ4n) is 4.85. The lowest BCUT2D eigenvalue weighted by Gasteiger charge is -2.44. The van der Waals surface area contributed by atoms with Gasteiger partial charge < -0.3 is 4.90 Å². The van der Waals surface area contributed by atoms with E-state index in [1.165, 1.54) is 16.6 Å². The zero-order valence-corrected chi connectivity index (χ0v) is 15.4. The van der Waals surface area contributed by atoms with Crippen molar-refractivity contribution in [1.82, 2.24) is 19.4 Å². The summed E-state index contributed by atoms with van der Waals surface area (Å²) >= 11 is 0. The van der Waals surface area contributed by atoms with Gasteiger partial charge in [0.15, 0.2) is 0 Å². The molecule has 0 radical (unpaired) electrons. The minimum Gasteiger partial charge on any atom is -0.341 e. The van der Waals surface area contributed by atoms with E-state index in [1.54, 1.807) is 0 Å². The third-order valence-corrected chi connectivity index (χ3v) is 6.00. The molecular weight excluding hydrogens is 312 g/mol. The fraction of sp³-hybridized carbons (Fsp3) is 0.600. The van der Waals surface area contributed by atoms with Crippen molar-refractivity contribution in [3.05, 3.63) is 35.7 Å².